The molecule has 0 aliphatic heterocycles. The van der Waals surface area contributed by atoms with E-state index in [0.29, 0.717) is 0 Å². The number of H-pyrrole nitrogens is 1. The molecule has 6 heteroatoms. The molecule has 6 rings (SSSR count). The third-order valence-electron chi connectivity index (χ3n) is 4.70. The minimum Gasteiger partial charge on any atom is -0.404 e. The van der Waals surface area contributed by atoms with E-state index in [1.54, 1.807) is 17.5 Å². The van der Waals surface area contributed by atoms with Gasteiger partial charge < -0.3 is 9.40 Å². The first-order valence-electron chi connectivity index (χ1n) is 8.56. The number of aromatic amines is 1. The molecular formula is C21H13N4OS+. The highest BCUT2D eigenvalue weighted by molar-refractivity contribution is 7.22. The van der Waals surface area contributed by atoms with Crippen molar-refractivity contribution in [2.45, 2.75) is 0 Å². The van der Waals surface area contributed by atoms with Crippen LogP contribution in [0.1, 0.15) is 0 Å². The Kier molecular flexibility index (Phi) is 2.98. The third kappa shape index (κ3) is 2.34. The fraction of sp³-hybridized carbons (Fsp3) is 0. The summed E-state index contributed by atoms with van der Waals surface area (Å²) in [6.07, 6.45) is 11.5. The summed E-state index contributed by atoms with van der Waals surface area (Å²) in [4.78, 5) is 13.2. The maximum absolute atomic E-state index is 5.94. The van der Waals surface area contributed by atoms with Crippen molar-refractivity contribution in [2.75, 3.05) is 0 Å². The zero-order valence-electron chi connectivity index (χ0n) is 14.1. The molecule has 1 N–H and O–H groups in total. The van der Waals surface area contributed by atoms with Gasteiger partial charge in [-0.15, -0.1) is 15.9 Å². The molecule has 6 aromatic heterocycles. The number of fused-ring (bicyclic) bond motifs is 3. The third-order valence-corrected chi connectivity index (χ3v) is 5.84. The highest BCUT2D eigenvalue weighted by Gasteiger charge is 2.16. The van der Waals surface area contributed by atoms with Crippen LogP contribution in [0.25, 0.3) is 48.4 Å². The second-order valence-corrected chi connectivity index (χ2v) is 7.50. The number of aromatic nitrogens is 4. The lowest BCUT2D eigenvalue weighted by Gasteiger charge is -1.96. The fourth-order valence-corrected chi connectivity index (χ4v) is 4.33. The van der Waals surface area contributed by atoms with Gasteiger partial charge in [0.25, 0.3) is 0 Å². The molecule has 27 heavy (non-hydrogen) atoms. The van der Waals surface area contributed by atoms with E-state index >= 15 is 0 Å². The number of hydrogen-bond acceptors (Lipinski definition) is 4. The molecule has 0 aliphatic carbocycles. The summed E-state index contributed by atoms with van der Waals surface area (Å²) in [5.74, 6) is 0.776. The Balaban J connectivity index is 1.46. The molecule has 128 valence electrons. The summed E-state index contributed by atoms with van der Waals surface area (Å²) >= 11 is 1.74. The molecular weight excluding hydrogens is 356 g/mol. The Bertz CT molecular complexity index is 1410. The standard InChI is InChI=1S/C21H13N4OS/c1-5-23-16-9-17(24-11-13(1)16)20-7-15-12-25(6-3-19(15)27-20)21-8-14-10-22-4-2-18(14)26-21/h1-12,23H/q+1. The largest absolute Gasteiger partial charge is 0.404 e. The minimum atomic E-state index is 0.776. The van der Waals surface area contributed by atoms with E-state index in [1.165, 1.54) is 4.70 Å². The summed E-state index contributed by atoms with van der Waals surface area (Å²) in [6.45, 7) is 0. The Labute approximate surface area is 157 Å². The lowest BCUT2D eigenvalue weighted by Crippen LogP contribution is -2.28. The van der Waals surface area contributed by atoms with Crippen molar-refractivity contribution in [3.63, 3.8) is 0 Å². The first-order chi connectivity index (χ1) is 13.3. The van der Waals surface area contributed by atoms with Gasteiger partial charge in [-0.2, -0.15) is 0 Å². The Morgan fingerprint density at radius 1 is 1.00 bits per heavy atom. The maximum atomic E-state index is 5.94. The van der Waals surface area contributed by atoms with Gasteiger partial charge >= 0.3 is 5.88 Å². The predicted octanol–water partition coefficient (Wildman–Crippen LogP) is 4.86. The van der Waals surface area contributed by atoms with Crippen molar-refractivity contribution in [3.8, 4) is 16.5 Å². The predicted molar refractivity (Wildman–Crippen MR) is 106 cm³/mol. The molecule has 6 heterocycles. The highest BCUT2D eigenvalue weighted by Crippen LogP contribution is 2.33. The van der Waals surface area contributed by atoms with E-state index in [9.17, 15) is 0 Å². The van der Waals surface area contributed by atoms with Crippen LogP contribution in [-0.4, -0.2) is 15.0 Å². The van der Waals surface area contributed by atoms with E-state index in [0.717, 1.165) is 43.7 Å². The molecule has 0 spiro atoms. The lowest BCUT2D eigenvalue weighted by atomic mass is 10.2. The summed E-state index contributed by atoms with van der Waals surface area (Å²) in [5.41, 5.74) is 2.91. The number of furan rings is 1. The van der Waals surface area contributed by atoms with E-state index in [1.807, 2.05) is 47.6 Å². The fourth-order valence-electron chi connectivity index (χ4n) is 3.33. The first kappa shape index (κ1) is 14.6. The normalized spacial score (nSPS) is 11.7. The first-order valence-corrected chi connectivity index (χ1v) is 9.37. The molecule has 5 nitrogen and oxygen atoms in total. The van der Waals surface area contributed by atoms with Crippen LogP contribution < -0.4 is 4.57 Å². The summed E-state index contributed by atoms with van der Waals surface area (Å²) in [5, 5.41) is 3.27. The van der Waals surface area contributed by atoms with Gasteiger partial charge in [-0.1, -0.05) is 0 Å². The van der Waals surface area contributed by atoms with Crippen molar-refractivity contribution in [1.82, 2.24) is 15.0 Å². The Morgan fingerprint density at radius 3 is 2.96 bits per heavy atom. The molecule has 0 aromatic carbocycles. The van der Waals surface area contributed by atoms with Crippen molar-refractivity contribution in [3.05, 3.63) is 73.6 Å². The molecule has 0 atom stereocenters. The van der Waals surface area contributed by atoms with Crippen LogP contribution in [0.4, 0.5) is 0 Å². The molecule has 0 unspecified atom stereocenters. The number of thiophene rings is 1. The zero-order valence-corrected chi connectivity index (χ0v) is 14.9. The van der Waals surface area contributed by atoms with Gasteiger partial charge in [0.1, 0.15) is 5.58 Å². The monoisotopic (exact) mass is 369 g/mol. The molecule has 0 aliphatic rings. The van der Waals surface area contributed by atoms with Gasteiger partial charge in [0, 0.05) is 51.8 Å². The number of pyridine rings is 3. The zero-order chi connectivity index (χ0) is 17.8. The molecule has 0 saturated carbocycles. The summed E-state index contributed by atoms with van der Waals surface area (Å²) in [7, 11) is 0. The van der Waals surface area contributed by atoms with Gasteiger partial charge in [0.05, 0.1) is 22.0 Å². The van der Waals surface area contributed by atoms with Gasteiger partial charge in [0.15, 0.2) is 12.4 Å². The van der Waals surface area contributed by atoms with Crippen molar-refractivity contribution < 1.29 is 8.98 Å². The quantitative estimate of drug-likeness (QED) is 0.443. The second kappa shape index (κ2) is 5.49. The molecule has 0 bridgehead atoms. The molecule has 0 saturated heterocycles. The molecule has 0 fully saturated rings. The minimum absolute atomic E-state index is 0.776. The summed E-state index contributed by atoms with van der Waals surface area (Å²) < 4.78 is 9.16. The molecule has 0 amide bonds. The maximum Gasteiger partial charge on any atom is 0.379 e. The number of hydrogen-bond donors (Lipinski definition) is 1. The van der Waals surface area contributed by atoms with Crippen molar-refractivity contribution >= 4 is 43.3 Å². The topological polar surface area (TPSA) is 58.6 Å². The average Bonchev–Trinajstić information content (AvgIpc) is 3.42. The van der Waals surface area contributed by atoms with Crippen LogP contribution in [0.3, 0.4) is 0 Å². The van der Waals surface area contributed by atoms with Gasteiger partial charge in [-0.3, -0.25) is 9.97 Å². The van der Waals surface area contributed by atoms with E-state index < -0.39 is 0 Å². The van der Waals surface area contributed by atoms with E-state index in [2.05, 4.69) is 39.3 Å². The second-order valence-electron chi connectivity index (χ2n) is 6.41. The van der Waals surface area contributed by atoms with Gasteiger partial charge in [-0.25, -0.2) is 0 Å². The number of rotatable bonds is 2. The molecule has 0 radical (unpaired) electrons. The van der Waals surface area contributed by atoms with Crippen LogP contribution in [-0.2, 0) is 0 Å². The van der Waals surface area contributed by atoms with Gasteiger partial charge in [-0.05, 0) is 24.3 Å². The smallest absolute Gasteiger partial charge is 0.379 e. The Hall–Kier alpha value is -3.51. The Morgan fingerprint density at radius 2 is 2.00 bits per heavy atom. The number of nitrogens with one attached hydrogen (secondary N) is 1. The van der Waals surface area contributed by atoms with E-state index in [-0.39, 0.29) is 0 Å². The average molecular weight is 369 g/mol. The van der Waals surface area contributed by atoms with Crippen molar-refractivity contribution in [1.29, 1.82) is 0 Å². The highest BCUT2D eigenvalue weighted by atomic mass is 32.1. The summed E-state index contributed by atoms with van der Waals surface area (Å²) in [6, 6.07) is 12.3. The van der Waals surface area contributed by atoms with Crippen LogP contribution in [0.2, 0.25) is 0 Å². The lowest BCUT2D eigenvalue weighted by molar-refractivity contribution is -0.607. The van der Waals surface area contributed by atoms with Crippen LogP contribution in [0.15, 0.2) is 78.0 Å². The van der Waals surface area contributed by atoms with Crippen LogP contribution >= 0.6 is 11.3 Å². The SMILES string of the molecule is c1cc2oc(-[n+]3ccc4sc(-c5cc6[nH]ccc6cn5)cc4c3)cc2cn1. The van der Waals surface area contributed by atoms with Crippen molar-refractivity contribution in [2.24, 2.45) is 0 Å². The molecule has 6 aromatic rings. The van der Waals surface area contributed by atoms with E-state index in [4.69, 9.17) is 4.42 Å². The van der Waals surface area contributed by atoms with Crippen LogP contribution in [0, 0.1) is 0 Å². The number of nitrogens with zero attached hydrogens (tertiary/aromatic N) is 3. The van der Waals surface area contributed by atoms with Gasteiger partial charge in [0.2, 0.25) is 0 Å². The van der Waals surface area contributed by atoms with Crippen LogP contribution in [0.5, 0.6) is 0 Å².